The molecule has 2 aliphatic carbocycles. The highest BCUT2D eigenvalue weighted by molar-refractivity contribution is 5.17. The van der Waals surface area contributed by atoms with Crippen LogP contribution in [0.5, 0.6) is 0 Å². The van der Waals surface area contributed by atoms with Gasteiger partial charge >= 0.3 is 0 Å². The first-order valence-corrected chi connectivity index (χ1v) is 9.01. The van der Waals surface area contributed by atoms with Crippen molar-refractivity contribution >= 4 is 0 Å². The van der Waals surface area contributed by atoms with E-state index in [4.69, 9.17) is 0 Å². The van der Waals surface area contributed by atoms with Gasteiger partial charge in [0.15, 0.2) is 0 Å². The molecule has 3 heteroatoms. The van der Waals surface area contributed by atoms with Gasteiger partial charge in [0.05, 0.1) is 6.07 Å². The lowest BCUT2D eigenvalue weighted by Crippen LogP contribution is -2.56. The molecular weight excluding hydrogens is 258 g/mol. The molecule has 21 heavy (non-hydrogen) atoms. The lowest BCUT2D eigenvalue weighted by molar-refractivity contribution is 0.131. The van der Waals surface area contributed by atoms with Gasteiger partial charge in [0.2, 0.25) is 0 Å². The summed E-state index contributed by atoms with van der Waals surface area (Å²) in [6.45, 7) is 9.81. The molecule has 1 atom stereocenters. The second-order valence-electron chi connectivity index (χ2n) is 7.55. The van der Waals surface area contributed by atoms with Crippen LogP contribution >= 0.6 is 0 Å². The minimum Gasteiger partial charge on any atom is -0.298 e. The molecule has 0 bridgehead atoms. The van der Waals surface area contributed by atoms with Gasteiger partial charge in [-0.25, -0.2) is 0 Å². The zero-order valence-electron chi connectivity index (χ0n) is 14.2. The molecular formula is C18H33N3. The van der Waals surface area contributed by atoms with E-state index >= 15 is 0 Å². The van der Waals surface area contributed by atoms with Crippen molar-refractivity contribution in [1.82, 2.24) is 10.2 Å². The molecule has 0 heterocycles. The van der Waals surface area contributed by atoms with Crippen LogP contribution in [0, 0.1) is 23.2 Å². The van der Waals surface area contributed by atoms with Gasteiger partial charge in [0.1, 0.15) is 5.54 Å². The highest BCUT2D eigenvalue weighted by Gasteiger charge is 2.47. The van der Waals surface area contributed by atoms with Crippen LogP contribution in [0.3, 0.4) is 0 Å². The summed E-state index contributed by atoms with van der Waals surface area (Å²) in [5.41, 5.74) is -0.298. The Balaban J connectivity index is 2.08. The van der Waals surface area contributed by atoms with Crippen molar-refractivity contribution in [3.63, 3.8) is 0 Å². The van der Waals surface area contributed by atoms with Crippen molar-refractivity contribution in [3.8, 4) is 6.07 Å². The minimum absolute atomic E-state index is 0.298. The molecule has 0 amide bonds. The lowest BCUT2D eigenvalue weighted by Gasteiger charge is -2.38. The van der Waals surface area contributed by atoms with Gasteiger partial charge in [0.25, 0.3) is 0 Å². The number of hydrogen-bond donors (Lipinski definition) is 1. The van der Waals surface area contributed by atoms with Crippen LogP contribution in [0.2, 0.25) is 0 Å². The molecule has 0 saturated heterocycles. The van der Waals surface area contributed by atoms with E-state index in [1.807, 2.05) is 0 Å². The number of nitriles is 1. The van der Waals surface area contributed by atoms with Gasteiger partial charge in [-0.2, -0.15) is 5.26 Å². The monoisotopic (exact) mass is 291 g/mol. The topological polar surface area (TPSA) is 39.1 Å². The van der Waals surface area contributed by atoms with Crippen LogP contribution < -0.4 is 5.32 Å². The van der Waals surface area contributed by atoms with E-state index in [9.17, 15) is 5.26 Å². The minimum atomic E-state index is -0.298. The molecule has 2 saturated carbocycles. The Kier molecular flexibility index (Phi) is 6.08. The molecule has 0 aromatic heterocycles. The first kappa shape index (κ1) is 16.8. The van der Waals surface area contributed by atoms with E-state index in [2.05, 4.69) is 37.1 Å². The molecule has 0 aromatic rings. The molecule has 0 aliphatic heterocycles. The summed E-state index contributed by atoms with van der Waals surface area (Å²) in [4.78, 5) is 2.64. The summed E-state index contributed by atoms with van der Waals surface area (Å²) < 4.78 is 0. The van der Waals surface area contributed by atoms with Crippen LogP contribution in [-0.4, -0.2) is 36.1 Å². The summed E-state index contributed by atoms with van der Waals surface area (Å²) >= 11 is 0. The summed E-state index contributed by atoms with van der Waals surface area (Å²) in [6, 6.07) is 3.40. The number of nitrogens with one attached hydrogen (secondary N) is 1. The van der Waals surface area contributed by atoms with Crippen molar-refractivity contribution in [2.24, 2.45) is 11.8 Å². The smallest absolute Gasteiger partial charge is 0.122 e. The predicted molar refractivity (Wildman–Crippen MR) is 88.0 cm³/mol. The Morgan fingerprint density at radius 1 is 1.24 bits per heavy atom. The number of hydrogen-bond acceptors (Lipinski definition) is 3. The number of nitrogens with zero attached hydrogens (tertiary/aromatic N) is 2. The third kappa shape index (κ3) is 4.44. The standard InChI is InChI=1S/C18H33N3/c1-4-11-20-18(13-19,16-9-10-16)14-21(12-15(2)3)17-7-5-6-8-17/h15-17,20H,4-12,14H2,1-3H3. The Morgan fingerprint density at radius 3 is 2.38 bits per heavy atom. The molecule has 1 N–H and O–H groups in total. The maximum atomic E-state index is 9.90. The largest absolute Gasteiger partial charge is 0.298 e. The Morgan fingerprint density at radius 2 is 1.90 bits per heavy atom. The number of rotatable bonds is 9. The van der Waals surface area contributed by atoms with Crippen LogP contribution in [0.1, 0.15) is 65.7 Å². The van der Waals surface area contributed by atoms with Gasteiger partial charge in [-0.1, -0.05) is 33.6 Å². The molecule has 0 spiro atoms. The van der Waals surface area contributed by atoms with E-state index in [0.29, 0.717) is 17.9 Å². The third-order valence-corrected chi connectivity index (χ3v) is 5.06. The van der Waals surface area contributed by atoms with Gasteiger partial charge in [0, 0.05) is 19.1 Å². The Bertz CT molecular complexity index is 350. The van der Waals surface area contributed by atoms with Gasteiger partial charge in [-0.05, 0) is 50.5 Å². The fraction of sp³-hybridized carbons (Fsp3) is 0.944. The quantitative estimate of drug-likeness (QED) is 0.706. The van der Waals surface area contributed by atoms with Crippen LogP contribution in [0.25, 0.3) is 0 Å². The van der Waals surface area contributed by atoms with Crippen molar-refractivity contribution in [3.05, 3.63) is 0 Å². The lowest BCUT2D eigenvalue weighted by atomic mass is 9.92. The van der Waals surface area contributed by atoms with E-state index < -0.39 is 0 Å². The SMILES string of the molecule is CCCNC(C#N)(CN(CC(C)C)C1CCCC1)C1CC1. The first-order valence-electron chi connectivity index (χ1n) is 9.01. The second kappa shape index (κ2) is 7.61. The van der Waals surface area contributed by atoms with Crippen molar-refractivity contribution in [2.75, 3.05) is 19.6 Å². The maximum absolute atomic E-state index is 9.90. The predicted octanol–water partition coefficient (Wildman–Crippen LogP) is 3.56. The zero-order chi connectivity index (χ0) is 15.3. The van der Waals surface area contributed by atoms with Crippen molar-refractivity contribution < 1.29 is 0 Å². The van der Waals surface area contributed by atoms with Crippen LogP contribution in [0.15, 0.2) is 0 Å². The average Bonchev–Trinajstić information content (AvgIpc) is 3.17. The summed E-state index contributed by atoms with van der Waals surface area (Å²) in [6.07, 6.45) is 8.94. The zero-order valence-corrected chi connectivity index (χ0v) is 14.2. The molecule has 0 aromatic carbocycles. The average molecular weight is 291 g/mol. The molecule has 120 valence electrons. The fourth-order valence-corrected chi connectivity index (χ4v) is 3.82. The highest BCUT2D eigenvalue weighted by Crippen LogP contribution is 2.41. The van der Waals surface area contributed by atoms with Gasteiger partial charge in [-0.15, -0.1) is 0 Å². The van der Waals surface area contributed by atoms with Gasteiger partial charge in [-0.3, -0.25) is 10.2 Å². The van der Waals surface area contributed by atoms with Crippen LogP contribution in [0.4, 0.5) is 0 Å². The molecule has 2 aliphatic rings. The molecule has 3 nitrogen and oxygen atoms in total. The summed E-state index contributed by atoms with van der Waals surface area (Å²) in [5.74, 6) is 1.25. The summed E-state index contributed by atoms with van der Waals surface area (Å²) in [5, 5.41) is 13.5. The van der Waals surface area contributed by atoms with E-state index in [1.54, 1.807) is 0 Å². The van der Waals surface area contributed by atoms with Crippen LogP contribution in [-0.2, 0) is 0 Å². The van der Waals surface area contributed by atoms with Crippen molar-refractivity contribution in [2.45, 2.75) is 77.3 Å². The van der Waals surface area contributed by atoms with Gasteiger partial charge < -0.3 is 0 Å². The van der Waals surface area contributed by atoms with E-state index in [0.717, 1.165) is 26.1 Å². The first-order chi connectivity index (χ1) is 10.1. The fourth-order valence-electron chi connectivity index (χ4n) is 3.82. The van der Waals surface area contributed by atoms with E-state index in [1.165, 1.54) is 38.5 Å². The summed E-state index contributed by atoms with van der Waals surface area (Å²) in [7, 11) is 0. The maximum Gasteiger partial charge on any atom is 0.122 e. The molecule has 2 fully saturated rings. The normalized spacial score (nSPS) is 22.7. The molecule has 0 radical (unpaired) electrons. The van der Waals surface area contributed by atoms with E-state index in [-0.39, 0.29) is 5.54 Å². The second-order valence-corrected chi connectivity index (χ2v) is 7.55. The van der Waals surface area contributed by atoms with Crippen molar-refractivity contribution in [1.29, 1.82) is 5.26 Å². The highest BCUT2D eigenvalue weighted by atomic mass is 15.2. The molecule has 1 unspecified atom stereocenters. The Labute approximate surface area is 131 Å². The third-order valence-electron chi connectivity index (χ3n) is 5.06. The molecule has 2 rings (SSSR count). The Hall–Kier alpha value is -0.590.